The predicted octanol–water partition coefficient (Wildman–Crippen LogP) is 2.01. The zero-order valence-electron chi connectivity index (χ0n) is 16.1. The average Bonchev–Trinajstić information content (AvgIpc) is 3.04. The summed E-state index contributed by atoms with van der Waals surface area (Å²) in [6, 6.07) is 4.57. The molecule has 142 valence electrons. The van der Waals surface area contributed by atoms with Crippen LogP contribution in [-0.2, 0) is 6.42 Å². The summed E-state index contributed by atoms with van der Waals surface area (Å²) < 4.78 is 11.0. The van der Waals surface area contributed by atoms with Crippen molar-refractivity contribution in [2.75, 3.05) is 60.5 Å². The lowest BCUT2D eigenvalue weighted by Crippen LogP contribution is -2.45. The molecule has 26 heavy (non-hydrogen) atoms. The van der Waals surface area contributed by atoms with E-state index in [1.165, 1.54) is 42.8 Å². The van der Waals surface area contributed by atoms with E-state index in [0.717, 1.165) is 42.9 Å². The molecule has 1 aromatic heterocycles. The van der Waals surface area contributed by atoms with Crippen molar-refractivity contribution in [2.45, 2.75) is 18.9 Å². The van der Waals surface area contributed by atoms with Crippen molar-refractivity contribution in [1.29, 1.82) is 0 Å². The summed E-state index contributed by atoms with van der Waals surface area (Å²) in [6.07, 6.45) is 2.19. The van der Waals surface area contributed by atoms with Gasteiger partial charge in [-0.1, -0.05) is 0 Å². The number of aromatic nitrogens is 1. The summed E-state index contributed by atoms with van der Waals surface area (Å²) in [5.74, 6) is 1.58. The van der Waals surface area contributed by atoms with Gasteiger partial charge in [0.25, 0.3) is 0 Å². The number of ether oxygens (including phenoxy) is 2. The molecule has 0 unspecified atom stereocenters. The van der Waals surface area contributed by atoms with Gasteiger partial charge in [0.2, 0.25) is 0 Å². The molecule has 6 heteroatoms. The van der Waals surface area contributed by atoms with Crippen LogP contribution in [0.5, 0.6) is 11.5 Å². The first-order chi connectivity index (χ1) is 12.7. The van der Waals surface area contributed by atoms with Gasteiger partial charge in [-0.3, -0.25) is 0 Å². The lowest BCUT2D eigenvalue weighted by molar-refractivity contribution is 0.148. The molecule has 0 amide bonds. The molecule has 2 aliphatic rings. The Morgan fingerprint density at radius 3 is 2.54 bits per heavy atom. The Balaban J connectivity index is 1.55. The number of piperazine rings is 1. The third-order valence-electron chi connectivity index (χ3n) is 5.89. The van der Waals surface area contributed by atoms with Crippen LogP contribution < -0.4 is 14.8 Å². The summed E-state index contributed by atoms with van der Waals surface area (Å²) in [5.41, 5.74) is 3.92. The summed E-state index contributed by atoms with van der Waals surface area (Å²) in [5, 5.41) is 4.98. The smallest absolute Gasteiger partial charge is 0.162 e. The van der Waals surface area contributed by atoms with Gasteiger partial charge in [-0.25, -0.2) is 0 Å². The van der Waals surface area contributed by atoms with Crippen LogP contribution in [0.4, 0.5) is 0 Å². The van der Waals surface area contributed by atoms with Gasteiger partial charge in [-0.15, -0.1) is 0 Å². The van der Waals surface area contributed by atoms with Crippen molar-refractivity contribution in [3.63, 3.8) is 0 Å². The van der Waals surface area contributed by atoms with Crippen LogP contribution in [0, 0.1) is 0 Å². The molecule has 6 nitrogen and oxygen atoms in total. The maximum atomic E-state index is 5.50. The summed E-state index contributed by atoms with van der Waals surface area (Å²) in [7, 11) is 5.59. The molecule has 0 bridgehead atoms. The SMILES string of the molecule is COc1cc2[nH]c3c(c2cc1OC)CCN[C@H]3CCN1CCN(C)CC1. The summed E-state index contributed by atoms with van der Waals surface area (Å²) in [4.78, 5) is 8.66. The number of nitrogens with zero attached hydrogens (tertiary/aromatic N) is 2. The Morgan fingerprint density at radius 2 is 1.81 bits per heavy atom. The standard InChI is InChI=1S/C20H30N4O2/c1-23-8-10-24(11-9-23)7-5-16-20-14(4-6-21-16)15-12-18(25-2)19(26-3)13-17(15)22-20/h12-13,16,21-22H,4-11H2,1-3H3/t16-/m0/s1. The fourth-order valence-corrected chi connectivity index (χ4v) is 4.27. The number of fused-ring (bicyclic) bond motifs is 3. The third-order valence-corrected chi connectivity index (χ3v) is 5.89. The molecule has 0 radical (unpaired) electrons. The molecule has 3 heterocycles. The van der Waals surface area contributed by atoms with Crippen LogP contribution in [0.15, 0.2) is 12.1 Å². The molecule has 2 N–H and O–H groups in total. The van der Waals surface area contributed by atoms with E-state index in [-0.39, 0.29) is 0 Å². The van der Waals surface area contributed by atoms with Crippen molar-refractivity contribution < 1.29 is 9.47 Å². The van der Waals surface area contributed by atoms with Crippen LogP contribution in [0.25, 0.3) is 10.9 Å². The van der Waals surface area contributed by atoms with E-state index < -0.39 is 0 Å². The van der Waals surface area contributed by atoms with E-state index in [0.29, 0.717) is 6.04 Å². The van der Waals surface area contributed by atoms with Gasteiger partial charge in [-0.2, -0.15) is 0 Å². The molecule has 1 fully saturated rings. The van der Waals surface area contributed by atoms with Crippen molar-refractivity contribution in [3.05, 3.63) is 23.4 Å². The van der Waals surface area contributed by atoms with E-state index in [1.54, 1.807) is 14.2 Å². The molecule has 0 spiro atoms. The van der Waals surface area contributed by atoms with E-state index in [4.69, 9.17) is 9.47 Å². The highest BCUT2D eigenvalue weighted by Crippen LogP contribution is 2.38. The Labute approximate surface area is 155 Å². The highest BCUT2D eigenvalue weighted by atomic mass is 16.5. The first-order valence-electron chi connectivity index (χ1n) is 9.60. The van der Waals surface area contributed by atoms with Gasteiger partial charge in [0.15, 0.2) is 11.5 Å². The van der Waals surface area contributed by atoms with Crippen LogP contribution in [0.1, 0.15) is 23.7 Å². The maximum absolute atomic E-state index is 5.50. The Hall–Kier alpha value is -1.76. The van der Waals surface area contributed by atoms with E-state index >= 15 is 0 Å². The van der Waals surface area contributed by atoms with Gasteiger partial charge in [-0.05, 0) is 38.1 Å². The van der Waals surface area contributed by atoms with Crippen LogP contribution in [0.3, 0.4) is 0 Å². The number of hydrogen-bond donors (Lipinski definition) is 2. The number of likely N-dealkylation sites (N-methyl/N-ethyl adjacent to an activating group) is 1. The fraction of sp³-hybridized carbons (Fsp3) is 0.600. The van der Waals surface area contributed by atoms with Crippen molar-refractivity contribution >= 4 is 10.9 Å². The van der Waals surface area contributed by atoms with Gasteiger partial charge in [0.05, 0.1) is 14.2 Å². The highest BCUT2D eigenvalue weighted by Gasteiger charge is 2.25. The lowest BCUT2D eigenvalue weighted by atomic mass is 9.97. The second-order valence-electron chi connectivity index (χ2n) is 7.46. The zero-order valence-corrected chi connectivity index (χ0v) is 16.1. The second kappa shape index (κ2) is 7.47. The Morgan fingerprint density at radius 1 is 1.08 bits per heavy atom. The topological polar surface area (TPSA) is 52.8 Å². The number of benzene rings is 1. The Bertz CT molecular complexity index is 765. The van der Waals surface area contributed by atoms with Gasteiger partial charge < -0.3 is 29.6 Å². The molecule has 0 saturated carbocycles. The van der Waals surface area contributed by atoms with Crippen molar-refractivity contribution in [2.24, 2.45) is 0 Å². The monoisotopic (exact) mass is 358 g/mol. The van der Waals surface area contributed by atoms with Gasteiger partial charge in [0, 0.05) is 61.4 Å². The molecule has 1 saturated heterocycles. The van der Waals surface area contributed by atoms with E-state index in [2.05, 4.69) is 39.3 Å². The lowest BCUT2D eigenvalue weighted by Gasteiger charge is -2.34. The second-order valence-corrected chi connectivity index (χ2v) is 7.46. The first-order valence-corrected chi connectivity index (χ1v) is 9.60. The molecule has 2 aliphatic heterocycles. The number of nitrogens with one attached hydrogen (secondary N) is 2. The molecule has 4 rings (SSSR count). The molecule has 0 aliphatic carbocycles. The first kappa shape index (κ1) is 17.6. The summed E-state index contributed by atoms with van der Waals surface area (Å²) >= 11 is 0. The fourth-order valence-electron chi connectivity index (χ4n) is 4.27. The normalized spacial score (nSPS) is 21.7. The largest absolute Gasteiger partial charge is 0.493 e. The summed E-state index contributed by atoms with van der Waals surface area (Å²) in [6.45, 7) is 6.88. The number of H-pyrrole nitrogens is 1. The molecule has 1 aromatic carbocycles. The van der Waals surface area contributed by atoms with Crippen LogP contribution in [0.2, 0.25) is 0 Å². The maximum Gasteiger partial charge on any atom is 0.162 e. The molecular formula is C20H30N4O2. The number of aromatic amines is 1. The minimum Gasteiger partial charge on any atom is -0.493 e. The molecular weight excluding hydrogens is 328 g/mol. The minimum atomic E-state index is 0.391. The number of rotatable bonds is 5. The molecule has 1 atom stereocenters. The minimum absolute atomic E-state index is 0.391. The van der Waals surface area contributed by atoms with Crippen LogP contribution in [-0.4, -0.2) is 75.3 Å². The van der Waals surface area contributed by atoms with E-state index in [1.807, 2.05) is 0 Å². The third kappa shape index (κ3) is 3.29. The van der Waals surface area contributed by atoms with Crippen molar-refractivity contribution in [3.8, 4) is 11.5 Å². The zero-order chi connectivity index (χ0) is 18.1. The van der Waals surface area contributed by atoms with Gasteiger partial charge in [0.1, 0.15) is 0 Å². The number of hydrogen-bond acceptors (Lipinski definition) is 5. The van der Waals surface area contributed by atoms with E-state index in [9.17, 15) is 0 Å². The number of methoxy groups -OCH3 is 2. The van der Waals surface area contributed by atoms with Gasteiger partial charge >= 0.3 is 0 Å². The Kier molecular flexibility index (Phi) is 5.07. The quantitative estimate of drug-likeness (QED) is 0.856. The highest BCUT2D eigenvalue weighted by molar-refractivity contribution is 5.88. The predicted molar refractivity (Wildman–Crippen MR) is 104 cm³/mol. The average molecular weight is 358 g/mol. The van der Waals surface area contributed by atoms with Crippen molar-refractivity contribution in [1.82, 2.24) is 20.1 Å². The van der Waals surface area contributed by atoms with Crippen LogP contribution >= 0.6 is 0 Å². The molecule has 2 aromatic rings.